The Morgan fingerprint density at radius 1 is 1.36 bits per heavy atom. The monoisotopic (exact) mass is 165 g/mol. The van der Waals surface area contributed by atoms with Crippen molar-refractivity contribution >= 4 is 17.4 Å². The number of aliphatic hydroxyl groups excluding tert-OH is 1. The first kappa shape index (κ1) is 6.61. The normalized spacial score (nSPS) is 18.0. The van der Waals surface area contributed by atoms with E-state index in [0.717, 1.165) is 21.9 Å². The third-order valence-electron chi connectivity index (χ3n) is 1.48. The number of hydrogen-bond donors (Lipinski definition) is 2. The zero-order valence-corrected chi connectivity index (χ0v) is 6.56. The number of anilines is 1. The van der Waals surface area contributed by atoms with Gasteiger partial charge >= 0.3 is 0 Å². The number of thioether (sulfide) groups is 1. The number of hydrogen-bond acceptors (Lipinski definition) is 3. The van der Waals surface area contributed by atoms with Crippen molar-refractivity contribution in [3.63, 3.8) is 0 Å². The molecule has 0 saturated carbocycles. The fourth-order valence-corrected chi connectivity index (χ4v) is 1.82. The van der Waals surface area contributed by atoms with E-state index in [-0.39, 0.29) is 0 Å². The second-order valence-corrected chi connectivity index (χ2v) is 3.30. The summed E-state index contributed by atoms with van der Waals surface area (Å²) >= 11 is 1.54. The lowest BCUT2D eigenvalue weighted by atomic mass is 10.3. The van der Waals surface area contributed by atoms with Gasteiger partial charge < -0.3 is 10.4 Å². The Bertz CT molecular complexity index is 282. The van der Waals surface area contributed by atoms with Gasteiger partial charge in [-0.15, -0.1) is 0 Å². The van der Waals surface area contributed by atoms with Crippen LogP contribution in [0.5, 0.6) is 0 Å². The summed E-state index contributed by atoms with van der Waals surface area (Å²) in [5.74, 6) is 0. The molecule has 0 aromatic heterocycles. The highest BCUT2D eigenvalue weighted by atomic mass is 32.2. The van der Waals surface area contributed by atoms with E-state index < -0.39 is 0 Å². The average Bonchev–Trinajstić information content (AvgIpc) is 2.46. The highest BCUT2D eigenvalue weighted by Crippen LogP contribution is 2.39. The maximum absolute atomic E-state index is 8.69. The summed E-state index contributed by atoms with van der Waals surface area (Å²) in [5, 5.41) is 12.5. The largest absolute Gasteiger partial charge is 0.513 e. The Morgan fingerprint density at radius 2 is 2.18 bits per heavy atom. The first-order chi connectivity index (χ1) is 5.40. The van der Waals surface area contributed by atoms with E-state index in [1.165, 1.54) is 11.8 Å². The van der Waals surface area contributed by atoms with Gasteiger partial charge in [-0.25, -0.2) is 0 Å². The van der Waals surface area contributed by atoms with Crippen LogP contribution in [0.3, 0.4) is 0 Å². The zero-order valence-electron chi connectivity index (χ0n) is 5.74. The molecule has 0 amide bonds. The first-order valence-corrected chi connectivity index (χ1v) is 4.10. The molecule has 0 fully saturated rings. The molecule has 1 aliphatic rings. The Balaban J connectivity index is 2.41. The van der Waals surface area contributed by atoms with Crippen LogP contribution in [0, 0.1) is 0 Å². The summed E-state index contributed by atoms with van der Waals surface area (Å²) in [5.41, 5.74) is 1.07. The highest BCUT2D eigenvalue weighted by Gasteiger charge is 2.13. The summed E-state index contributed by atoms with van der Waals surface area (Å²) < 4.78 is 0. The van der Waals surface area contributed by atoms with Gasteiger partial charge in [-0.1, -0.05) is 23.9 Å². The standard InChI is InChI=1S/C8H7NOS/c10-5-8-9-6-3-1-2-4-7(6)11-8/h1-5,9-10H. The zero-order chi connectivity index (χ0) is 7.68. The lowest BCUT2D eigenvalue weighted by Crippen LogP contribution is -1.86. The Kier molecular flexibility index (Phi) is 1.51. The van der Waals surface area contributed by atoms with Crippen molar-refractivity contribution in [3.05, 3.63) is 35.6 Å². The summed E-state index contributed by atoms with van der Waals surface area (Å²) in [6, 6.07) is 7.95. The number of fused-ring (bicyclic) bond motifs is 1. The number of rotatable bonds is 0. The van der Waals surface area contributed by atoms with Gasteiger partial charge in [0.05, 0.1) is 5.69 Å². The molecule has 2 nitrogen and oxygen atoms in total. The lowest BCUT2D eigenvalue weighted by Gasteiger charge is -1.93. The number of aliphatic hydroxyl groups is 1. The van der Waals surface area contributed by atoms with E-state index in [2.05, 4.69) is 5.32 Å². The Morgan fingerprint density at radius 3 is 2.91 bits per heavy atom. The van der Waals surface area contributed by atoms with Crippen molar-refractivity contribution in [1.82, 2.24) is 0 Å². The Labute approximate surface area is 68.9 Å². The molecule has 0 radical (unpaired) electrons. The minimum Gasteiger partial charge on any atom is -0.513 e. The van der Waals surface area contributed by atoms with E-state index in [1.807, 2.05) is 24.3 Å². The Hall–Kier alpha value is -1.09. The van der Waals surface area contributed by atoms with Crippen LogP contribution >= 0.6 is 11.8 Å². The van der Waals surface area contributed by atoms with E-state index in [9.17, 15) is 0 Å². The maximum Gasteiger partial charge on any atom is 0.112 e. The van der Waals surface area contributed by atoms with E-state index in [1.54, 1.807) is 0 Å². The predicted molar refractivity (Wildman–Crippen MR) is 46.6 cm³/mol. The topological polar surface area (TPSA) is 32.3 Å². The van der Waals surface area contributed by atoms with Crippen molar-refractivity contribution in [3.8, 4) is 0 Å². The first-order valence-electron chi connectivity index (χ1n) is 3.28. The molecular weight excluding hydrogens is 158 g/mol. The summed E-state index contributed by atoms with van der Waals surface area (Å²) in [6.45, 7) is 0. The van der Waals surface area contributed by atoms with Crippen molar-refractivity contribution in [1.29, 1.82) is 0 Å². The minimum absolute atomic E-state index is 0.784. The molecule has 0 atom stereocenters. The molecule has 3 heteroatoms. The quantitative estimate of drug-likeness (QED) is 0.579. The van der Waals surface area contributed by atoms with Crippen LogP contribution < -0.4 is 5.32 Å². The van der Waals surface area contributed by atoms with Gasteiger partial charge in [0.1, 0.15) is 11.3 Å². The van der Waals surface area contributed by atoms with Crippen LogP contribution in [-0.4, -0.2) is 5.11 Å². The van der Waals surface area contributed by atoms with Crippen molar-refractivity contribution in [2.45, 2.75) is 4.90 Å². The smallest absolute Gasteiger partial charge is 0.112 e. The molecule has 1 aromatic carbocycles. The molecule has 2 rings (SSSR count). The maximum atomic E-state index is 8.69. The van der Waals surface area contributed by atoms with Crippen LogP contribution in [0.4, 0.5) is 5.69 Å². The third kappa shape index (κ3) is 1.07. The molecule has 0 unspecified atom stereocenters. The minimum atomic E-state index is 0.784. The van der Waals surface area contributed by atoms with Crippen molar-refractivity contribution < 1.29 is 5.11 Å². The fourth-order valence-electron chi connectivity index (χ4n) is 0.994. The predicted octanol–water partition coefficient (Wildman–Crippen LogP) is 2.56. The van der Waals surface area contributed by atoms with Gasteiger partial charge in [-0.05, 0) is 12.1 Å². The van der Waals surface area contributed by atoms with E-state index in [4.69, 9.17) is 5.11 Å². The molecule has 1 heterocycles. The molecule has 0 aliphatic carbocycles. The molecule has 0 bridgehead atoms. The molecular formula is C8H7NOS. The second-order valence-electron chi connectivity index (χ2n) is 2.22. The SMILES string of the molecule is OC=C1Nc2ccccc2S1. The molecule has 0 spiro atoms. The van der Waals surface area contributed by atoms with Gasteiger partial charge in [0.2, 0.25) is 0 Å². The third-order valence-corrected chi connectivity index (χ3v) is 2.49. The molecule has 56 valence electrons. The molecule has 11 heavy (non-hydrogen) atoms. The van der Waals surface area contributed by atoms with Gasteiger partial charge in [0.25, 0.3) is 0 Å². The van der Waals surface area contributed by atoms with Crippen LogP contribution in [-0.2, 0) is 0 Å². The number of benzene rings is 1. The lowest BCUT2D eigenvalue weighted by molar-refractivity contribution is 0.472. The van der Waals surface area contributed by atoms with E-state index >= 15 is 0 Å². The molecule has 2 N–H and O–H groups in total. The number of para-hydroxylation sites is 1. The average molecular weight is 165 g/mol. The molecule has 1 aromatic rings. The highest BCUT2D eigenvalue weighted by molar-refractivity contribution is 8.03. The van der Waals surface area contributed by atoms with Crippen LogP contribution in [0.1, 0.15) is 0 Å². The van der Waals surface area contributed by atoms with Gasteiger partial charge in [-0.2, -0.15) is 0 Å². The van der Waals surface area contributed by atoms with E-state index in [0.29, 0.717) is 0 Å². The fraction of sp³-hybridized carbons (Fsp3) is 0. The molecule has 1 aliphatic heterocycles. The molecule has 0 saturated heterocycles. The second kappa shape index (κ2) is 2.51. The van der Waals surface area contributed by atoms with Crippen LogP contribution in [0.15, 0.2) is 40.5 Å². The van der Waals surface area contributed by atoms with Gasteiger partial charge in [0, 0.05) is 4.90 Å². The van der Waals surface area contributed by atoms with Crippen LogP contribution in [0.25, 0.3) is 0 Å². The summed E-state index contributed by atoms with van der Waals surface area (Å²) in [7, 11) is 0. The summed E-state index contributed by atoms with van der Waals surface area (Å²) in [6.07, 6.45) is 1.09. The van der Waals surface area contributed by atoms with Gasteiger partial charge in [0.15, 0.2) is 0 Å². The van der Waals surface area contributed by atoms with Gasteiger partial charge in [-0.3, -0.25) is 0 Å². The van der Waals surface area contributed by atoms with Crippen molar-refractivity contribution in [2.24, 2.45) is 0 Å². The van der Waals surface area contributed by atoms with Crippen molar-refractivity contribution in [2.75, 3.05) is 5.32 Å². The number of nitrogens with one attached hydrogen (secondary N) is 1. The summed E-state index contributed by atoms with van der Waals surface area (Å²) in [4.78, 5) is 1.16. The van der Waals surface area contributed by atoms with Crippen LogP contribution in [0.2, 0.25) is 0 Å².